The van der Waals surface area contributed by atoms with E-state index in [1.807, 2.05) is 18.2 Å². The molecule has 9 heteroatoms. The second-order valence-electron chi connectivity index (χ2n) is 7.39. The molecule has 3 aromatic rings. The van der Waals surface area contributed by atoms with Crippen molar-refractivity contribution in [1.82, 2.24) is 4.57 Å². The highest BCUT2D eigenvalue weighted by atomic mass is 16.6. The molecule has 1 aromatic heterocycles. The first-order valence-corrected chi connectivity index (χ1v) is 10.0. The van der Waals surface area contributed by atoms with E-state index in [-0.39, 0.29) is 34.8 Å². The van der Waals surface area contributed by atoms with Crippen molar-refractivity contribution >= 4 is 17.6 Å². The van der Waals surface area contributed by atoms with Crippen LogP contribution in [-0.2, 0) is 13.0 Å². The van der Waals surface area contributed by atoms with E-state index in [0.717, 1.165) is 10.1 Å². The molecule has 0 bridgehead atoms. The maximum atomic E-state index is 12.8. The lowest BCUT2D eigenvalue weighted by molar-refractivity contribution is -0.384. The number of benzene rings is 2. The van der Waals surface area contributed by atoms with Gasteiger partial charge in [0.2, 0.25) is 5.88 Å². The average Bonchev–Trinajstić information content (AvgIpc) is 2.80. The molecule has 0 fully saturated rings. The van der Waals surface area contributed by atoms with E-state index < -0.39 is 10.5 Å². The summed E-state index contributed by atoms with van der Waals surface area (Å²) in [7, 11) is 1.57. The molecule has 3 rings (SSSR count). The van der Waals surface area contributed by atoms with Crippen molar-refractivity contribution in [1.29, 1.82) is 5.26 Å². The minimum atomic E-state index is -0.593. The molecule has 0 amide bonds. The number of aryl methyl sites for hydroxylation is 2. The van der Waals surface area contributed by atoms with Gasteiger partial charge >= 0.3 is 0 Å². The van der Waals surface area contributed by atoms with E-state index in [2.05, 4.69) is 4.99 Å². The largest absolute Gasteiger partial charge is 0.497 e. The Balaban J connectivity index is 2.01. The number of nitrogens with zero attached hydrogens (tertiary/aromatic N) is 4. The molecule has 168 valence electrons. The van der Waals surface area contributed by atoms with E-state index in [4.69, 9.17) is 4.74 Å². The first-order chi connectivity index (χ1) is 15.8. The Morgan fingerprint density at radius 3 is 2.55 bits per heavy atom. The van der Waals surface area contributed by atoms with E-state index in [1.54, 1.807) is 39.2 Å². The summed E-state index contributed by atoms with van der Waals surface area (Å²) < 4.78 is 6.27. The molecule has 0 radical (unpaired) electrons. The number of rotatable bonds is 7. The van der Waals surface area contributed by atoms with Crippen LogP contribution in [0.25, 0.3) is 0 Å². The standard InChI is InChI=1S/C24H22N4O5/c1-15-4-7-18(28(31)32)12-22(15)26-14-21-16(2)20(13-25)23(29)27(24(21)30)11-10-17-5-8-19(33-3)9-6-17/h4-9,12,14,30H,10-11H2,1-3H3. The number of nitro benzene ring substituents is 1. The highest BCUT2D eigenvalue weighted by Gasteiger charge is 2.18. The molecule has 2 aromatic carbocycles. The fourth-order valence-electron chi connectivity index (χ4n) is 3.35. The van der Waals surface area contributed by atoms with Crippen LogP contribution in [0.15, 0.2) is 52.3 Å². The van der Waals surface area contributed by atoms with Gasteiger partial charge < -0.3 is 9.84 Å². The predicted octanol–water partition coefficient (Wildman–Crippen LogP) is 3.95. The van der Waals surface area contributed by atoms with Crippen molar-refractivity contribution < 1.29 is 14.8 Å². The Bertz CT molecular complexity index is 1330. The number of aromatic hydroxyl groups is 1. The summed E-state index contributed by atoms with van der Waals surface area (Å²) in [5.41, 5.74) is 1.64. The minimum absolute atomic E-state index is 0.0975. The van der Waals surface area contributed by atoms with E-state index in [9.17, 15) is 25.3 Å². The third kappa shape index (κ3) is 4.91. The monoisotopic (exact) mass is 446 g/mol. The lowest BCUT2D eigenvalue weighted by Crippen LogP contribution is -2.26. The summed E-state index contributed by atoms with van der Waals surface area (Å²) in [6.07, 6.45) is 1.76. The van der Waals surface area contributed by atoms with Gasteiger partial charge in [0, 0.05) is 24.9 Å². The van der Waals surface area contributed by atoms with Gasteiger partial charge in [-0.2, -0.15) is 5.26 Å². The van der Waals surface area contributed by atoms with Crippen LogP contribution in [0.4, 0.5) is 11.4 Å². The summed E-state index contributed by atoms with van der Waals surface area (Å²) in [4.78, 5) is 27.7. The smallest absolute Gasteiger partial charge is 0.271 e. The molecule has 33 heavy (non-hydrogen) atoms. The van der Waals surface area contributed by atoms with Gasteiger partial charge in [-0.3, -0.25) is 24.5 Å². The van der Waals surface area contributed by atoms with Gasteiger partial charge in [-0.15, -0.1) is 0 Å². The lowest BCUT2D eigenvalue weighted by Gasteiger charge is -2.14. The molecule has 0 atom stereocenters. The second-order valence-corrected chi connectivity index (χ2v) is 7.39. The number of methoxy groups -OCH3 is 1. The number of hydrogen-bond donors (Lipinski definition) is 1. The third-order valence-electron chi connectivity index (χ3n) is 5.37. The summed E-state index contributed by atoms with van der Waals surface area (Å²) in [6, 6.07) is 13.5. The maximum absolute atomic E-state index is 12.8. The third-order valence-corrected chi connectivity index (χ3v) is 5.37. The summed E-state index contributed by atoms with van der Waals surface area (Å²) in [6.45, 7) is 3.44. The Kier molecular flexibility index (Phi) is 6.88. The van der Waals surface area contributed by atoms with Crippen molar-refractivity contribution in [2.45, 2.75) is 26.8 Å². The zero-order chi connectivity index (χ0) is 24.1. The van der Waals surface area contributed by atoms with Crippen LogP contribution in [0.1, 0.15) is 27.8 Å². The van der Waals surface area contributed by atoms with Crippen LogP contribution >= 0.6 is 0 Å². The van der Waals surface area contributed by atoms with Crippen LogP contribution in [0.2, 0.25) is 0 Å². The molecule has 0 unspecified atom stereocenters. The van der Waals surface area contributed by atoms with Gasteiger partial charge in [0.25, 0.3) is 11.2 Å². The van der Waals surface area contributed by atoms with E-state index in [1.165, 1.54) is 18.3 Å². The molecule has 1 N–H and O–H groups in total. The molecule has 0 aliphatic carbocycles. The topological polar surface area (TPSA) is 131 Å². The van der Waals surface area contributed by atoms with Crippen LogP contribution in [-0.4, -0.2) is 27.9 Å². The normalized spacial score (nSPS) is 10.8. The summed E-state index contributed by atoms with van der Waals surface area (Å²) in [5, 5.41) is 31.5. The number of pyridine rings is 1. The number of hydrogen-bond acceptors (Lipinski definition) is 7. The van der Waals surface area contributed by atoms with Crippen LogP contribution in [0.5, 0.6) is 11.6 Å². The Hall–Kier alpha value is -4.45. The van der Waals surface area contributed by atoms with Gasteiger partial charge in [-0.05, 0) is 49.1 Å². The summed E-state index contributed by atoms with van der Waals surface area (Å²) in [5.74, 6) is 0.382. The van der Waals surface area contributed by atoms with Crippen molar-refractivity contribution in [3.63, 3.8) is 0 Å². The van der Waals surface area contributed by atoms with Crippen molar-refractivity contribution in [3.05, 3.63) is 90.7 Å². The summed E-state index contributed by atoms with van der Waals surface area (Å²) >= 11 is 0. The van der Waals surface area contributed by atoms with Crippen LogP contribution in [0.3, 0.4) is 0 Å². The van der Waals surface area contributed by atoms with Gasteiger partial charge in [-0.1, -0.05) is 18.2 Å². The minimum Gasteiger partial charge on any atom is -0.497 e. The fourth-order valence-corrected chi connectivity index (χ4v) is 3.35. The van der Waals surface area contributed by atoms with Gasteiger partial charge in [0.1, 0.15) is 17.4 Å². The first-order valence-electron chi connectivity index (χ1n) is 10.0. The number of aliphatic imine (C=N–C) groups is 1. The molecule has 0 saturated heterocycles. The molecule has 9 nitrogen and oxygen atoms in total. The molecule has 0 saturated carbocycles. The van der Waals surface area contributed by atoms with E-state index >= 15 is 0 Å². The maximum Gasteiger partial charge on any atom is 0.271 e. The molecule has 0 spiro atoms. The van der Waals surface area contributed by atoms with Crippen molar-refractivity contribution in [2.24, 2.45) is 4.99 Å². The van der Waals surface area contributed by atoms with Gasteiger partial charge in [0.05, 0.1) is 23.3 Å². The average molecular weight is 446 g/mol. The van der Waals surface area contributed by atoms with Crippen molar-refractivity contribution in [2.75, 3.05) is 7.11 Å². The molecule has 1 heterocycles. The van der Waals surface area contributed by atoms with Gasteiger partial charge in [0.15, 0.2) is 0 Å². The number of aromatic nitrogens is 1. The zero-order valence-corrected chi connectivity index (χ0v) is 18.4. The molecule has 0 aliphatic heterocycles. The quantitative estimate of drug-likeness (QED) is 0.332. The van der Waals surface area contributed by atoms with Crippen LogP contribution < -0.4 is 10.3 Å². The number of ether oxygens (including phenoxy) is 1. The van der Waals surface area contributed by atoms with Crippen molar-refractivity contribution in [3.8, 4) is 17.7 Å². The molecule has 0 aliphatic rings. The highest BCUT2D eigenvalue weighted by molar-refractivity contribution is 5.87. The second kappa shape index (κ2) is 9.78. The molecular weight excluding hydrogens is 424 g/mol. The predicted molar refractivity (Wildman–Crippen MR) is 124 cm³/mol. The first kappa shape index (κ1) is 23.2. The molecular formula is C24H22N4O5. The number of nitriles is 1. The SMILES string of the molecule is COc1ccc(CCn2c(O)c(C=Nc3cc([N+](=O)[O-])ccc3C)c(C)c(C#N)c2=O)cc1. The Morgan fingerprint density at radius 1 is 1.24 bits per heavy atom. The number of nitro groups is 1. The van der Waals surface area contributed by atoms with E-state index in [0.29, 0.717) is 23.4 Å². The van der Waals surface area contributed by atoms with Gasteiger partial charge in [-0.25, -0.2) is 0 Å². The van der Waals surface area contributed by atoms with Crippen LogP contribution in [0, 0.1) is 35.3 Å². The lowest BCUT2D eigenvalue weighted by atomic mass is 10.1. The fraction of sp³-hybridized carbons (Fsp3) is 0.208. The Morgan fingerprint density at radius 2 is 1.94 bits per heavy atom. The Labute approximate surface area is 190 Å². The zero-order valence-electron chi connectivity index (χ0n) is 18.4. The number of non-ortho nitro benzene ring substituents is 1. The highest BCUT2D eigenvalue weighted by Crippen LogP contribution is 2.26.